The lowest BCUT2D eigenvalue weighted by Crippen LogP contribution is -2.13. The highest BCUT2D eigenvalue weighted by atomic mass is 16.3. The molecule has 0 amide bonds. The molecule has 0 aliphatic rings. The molecule has 0 aliphatic carbocycles. The largest absolute Gasteiger partial charge is 0.507 e. The molecular weight excluding hydrogens is 492 g/mol. The third-order valence-electron chi connectivity index (χ3n) is 7.21. The number of aliphatic imine (C=N–C) groups is 2. The lowest BCUT2D eigenvalue weighted by atomic mass is 9.83. The molecule has 3 aromatic rings. The van der Waals surface area contributed by atoms with Gasteiger partial charge in [-0.25, -0.2) is 0 Å². The number of hydrogen-bond acceptors (Lipinski definition) is 4. The molecule has 2 N–H and O–H groups in total. The molecule has 0 aromatic heterocycles. The summed E-state index contributed by atoms with van der Waals surface area (Å²) in [6, 6.07) is 16.1. The Morgan fingerprint density at radius 1 is 0.600 bits per heavy atom. The van der Waals surface area contributed by atoms with E-state index < -0.39 is 0 Å². The topological polar surface area (TPSA) is 65.2 Å². The number of hydrogen-bond donors (Lipinski definition) is 2. The van der Waals surface area contributed by atoms with Crippen LogP contribution in [0.4, 0.5) is 11.4 Å². The fraction of sp³-hybridized carbons (Fsp3) is 0.444. The normalized spacial score (nSPS) is 12.6. The Morgan fingerprint density at radius 3 is 1.25 bits per heavy atom. The Kier molecular flexibility index (Phi) is 10.4. The van der Waals surface area contributed by atoms with Crippen LogP contribution in [0, 0.1) is 0 Å². The van der Waals surface area contributed by atoms with Crippen molar-refractivity contribution in [2.24, 2.45) is 9.98 Å². The molecule has 0 heterocycles. The Balaban J connectivity index is 1.85. The van der Waals surface area contributed by atoms with Crippen molar-refractivity contribution in [2.75, 3.05) is 0 Å². The van der Waals surface area contributed by atoms with Crippen LogP contribution in [0.5, 0.6) is 11.5 Å². The van der Waals surface area contributed by atoms with Crippen molar-refractivity contribution in [1.29, 1.82) is 0 Å². The van der Waals surface area contributed by atoms with Gasteiger partial charge < -0.3 is 10.2 Å². The van der Waals surface area contributed by atoms with Crippen molar-refractivity contribution < 1.29 is 10.2 Å². The van der Waals surface area contributed by atoms with Gasteiger partial charge in [-0.15, -0.1) is 0 Å². The van der Waals surface area contributed by atoms with Gasteiger partial charge in [0.05, 0.1) is 11.4 Å². The number of benzene rings is 3. The van der Waals surface area contributed by atoms with Gasteiger partial charge in [0.2, 0.25) is 0 Å². The number of rotatable bonds is 10. The predicted octanol–water partition coefficient (Wildman–Crippen LogP) is 9.88. The molecule has 0 saturated heterocycles. The maximum absolute atomic E-state index is 11.0. The summed E-state index contributed by atoms with van der Waals surface area (Å²) in [5.41, 5.74) is 7.09. The molecular formula is C36H48N2O2. The second kappa shape index (κ2) is 13.3. The van der Waals surface area contributed by atoms with Crippen LogP contribution in [-0.2, 0) is 23.7 Å². The summed E-state index contributed by atoms with van der Waals surface area (Å²) >= 11 is 0. The highest BCUT2D eigenvalue weighted by Gasteiger charge is 2.22. The van der Waals surface area contributed by atoms with E-state index in [0.717, 1.165) is 72.2 Å². The van der Waals surface area contributed by atoms with Gasteiger partial charge >= 0.3 is 0 Å². The van der Waals surface area contributed by atoms with E-state index in [1.54, 1.807) is 12.4 Å². The van der Waals surface area contributed by atoms with Gasteiger partial charge in [0.15, 0.2) is 0 Å². The van der Waals surface area contributed by atoms with E-state index in [2.05, 4.69) is 89.6 Å². The molecule has 4 heteroatoms. The summed E-state index contributed by atoms with van der Waals surface area (Å²) < 4.78 is 0. The van der Waals surface area contributed by atoms with Crippen molar-refractivity contribution in [3.63, 3.8) is 0 Å². The lowest BCUT2D eigenvalue weighted by Gasteiger charge is -2.22. The maximum Gasteiger partial charge on any atom is 0.128 e. The summed E-state index contributed by atoms with van der Waals surface area (Å²) in [5.74, 6) is 0.599. The van der Waals surface area contributed by atoms with Gasteiger partial charge in [-0.3, -0.25) is 9.98 Å². The minimum absolute atomic E-state index is 0.161. The summed E-state index contributed by atoms with van der Waals surface area (Å²) in [5, 5.41) is 22.0. The fourth-order valence-electron chi connectivity index (χ4n) is 4.74. The molecule has 3 rings (SSSR count). The Labute approximate surface area is 241 Å². The highest BCUT2D eigenvalue weighted by molar-refractivity contribution is 5.88. The van der Waals surface area contributed by atoms with Crippen LogP contribution in [0.2, 0.25) is 0 Å². The van der Waals surface area contributed by atoms with E-state index in [0.29, 0.717) is 11.5 Å². The summed E-state index contributed by atoms with van der Waals surface area (Å²) in [7, 11) is 0. The van der Waals surface area contributed by atoms with Crippen molar-refractivity contribution in [2.45, 2.75) is 105 Å². The van der Waals surface area contributed by atoms with Gasteiger partial charge in [0, 0.05) is 34.7 Å². The second-order valence-electron chi connectivity index (χ2n) is 12.9. The predicted molar refractivity (Wildman–Crippen MR) is 172 cm³/mol. The van der Waals surface area contributed by atoms with Crippen LogP contribution >= 0.6 is 0 Å². The van der Waals surface area contributed by atoms with Crippen LogP contribution in [0.1, 0.15) is 114 Å². The van der Waals surface area contributed by atoms with Gasteiger partial charge in [-0.05, 0) is 84.0 Å². The van der Waals surface area contributed by atoms with E-state index in [-0.39, 0.29) is 10.8 Å². The van der Waals surface area contributed by atoms with Crippen LogP contribution in [-0.4, -0.2) is 22.6 Å². The number of nitrogens with zero attached hydrogens (tertiary/aromatic N) is 2. The molecule has 0 fully saturated rings. The molecule has 0 aliphatic heterocycles. The minimum atomic E-state index is -0.161. The minimum Gasteiger partial charge on any atom is -0.507 e. The number of phenolic OH excluding ortho intramolecular Hbond substituents is 2. The van der Waals surface area contributed by atoms with Gasteiger partial charge in [-0.2, -0.15) is 0 Å². The van der Waals surface area contributed by atoms with Gasteiger partial charge in [0.25, 0.3) is 0 Å². The van der Waals surface area contributed by atoms with Crippen molar-refractivity contribution >= 4 is 23.8 Å². The quantitative estimate of drug-likeness (QED) is 0.251. The van der Waals surface area contributed by atoms with E-state index in [9.17, 15) is 10.2 Å². The van der Waals surface area contributed by atoms with E-state index in [1.165, 1.54) is 11.1 Å². The Morgan fingerprint density at radius 2 is 0.950 bits per heavy atom. The number of aromatic hydroxyl groups is 2. The molecule has 4 nitrogen and oxygen atoms in total. The fourth-order valence-corrected chi connectivity index (χ4v) is 4.74. The zero-order valence-electron chi connectivity index (χ0n) is 25.8. The molecule has 0 spiro atoms. The molecule has 40 heavy (non-hydrogen) atoms. The van der Waals surface area contributed by atoms with Gasteiger partial charge in [0.1, 0.15) is 11.5 Å². The number of aryl methyl sites for hydroxylation is 2. The van der Waals surface area contributed by atoms with Crippen LogP contribution in [0.25, 0.3) is 0 Å². The first kappa shape index (κ1) is 31.1. The molecule has 214 valence electrons. The highest BCUT2D eigenvalue weighted by Crippen LogP contribution is 2.36. The molecule has 0 unspecified atom stereocenters. The molecule has 0 saturated carbocycles. The summed E-state index contributed by atoms with van der Waals surface area (Å²) in [6.45, 7) is 17.1. The van der Waals surface area contributed by atoms with E-state index in [4.69, 9.17) is 0 Å². The van der Waals surface area contributed by atoms with Crippen LogP contribution < -0.4 is 0 Å². The molecule has 0 radical (unpaired) electrons. The molecule has 3 aromatic carbocycles. The molecule has 0 atom stereocenters. The zero-order valence-corrected chi connectivity index (χ0v) is 25.8. The SMILES string of the molecule is CCCCc1cc(C=Nc2ccc(N=Cc3cc(CCCC)cc(C(C)(C)C)c3O)cc2)c(O)c(C(C)(C)C)c1. The average molecular weight is 541 g/mol. The number of phenols is 2. The molecule has 0 bridgehead atoms. The lowest BCUT2D eigenvalue weighted by molar-refractivity contribution is 0.444. The first-order valence-electron chi connectivity index (χ1n) is 14.7. The summed E-state index contributed by atoms with van der Waals surface area (Å²) in [6.07, 6.45) is 9.98. The maximum atomic E-state index is 11.0. The van der Waals surface area contributed by atoms with Crippen LogP contribution in [0.3, 0.4) is 0 Å². The standard InChI is InChI=1S/C36H48N2O2/c1-9-11-13-25-19-27(33(39)31(21-25)35(3,4)5)23-37-29-15-17-30(18-16-29)38-24-28-20-26(14-12-10-2)22-32(34(28)40)36(6,7)8/h15-24,39-40H,9-14H2,1-8H3. The monoisotopic (exact) mass is 540 g/mol. The van der Waals surface area contributed by atoms with Gasteiger partial charge in [-0.1, -0.05) is 80.4 Å². The van der Waals surface area contributed by atoms with E-state index in [1.807, 2.05) is 24.3 Å². The first-order chi connectivity index (χ1) is 18.8. The third-order valence-corrected chi connectivity index (χ3v) is 7.21. The Bertz CT molecular complexity index is 1230. The summed E-state index contributed by atoms with van der Waals surface area (Å²) in [4.78, 5) is 9.31. The average Bonchev–Trinajstić information content (AvgIpc) is 2.89. The second-order valence-corrected chi connectivity index (χ2v) is 12.9. The van der Waals surface area contributed by atoms with E-state index >= 15 is 0 Å². The smallest absolute Gasteiger partial charge is 0.128 e. The third kappa shape index (κ3) is 8.30. The van der Waals surface area contributed by atoms with Crippen molar-refractivity contribution in [3.8, 4) is 11.5 Å². The number of unbranched alkanes of at least 4 members (excludes halogenated alkanes) is 2. The first-order valence-corrected chi connectivity index (χ1v) is 14.7. The Hall–Kier alpha value is -3.40. The van der Waals surface area contributed by atoms with Crippen LogP contribution in [0.15, 0.2) is 58.5 Å². The van der Waals surface area contributed by atoms with Crippen molar-refractivity contribution in [3.05, 3.63) is 81.9 Å². The zero-order chi connectivity index (χ0) is 29.5. The van der Waals surface area contributed by atoms with Crippen molar-refractivity contribution in [1.82, 2.24) is 0 Å².